The van der Waals surface area contributed by atoms with Gasteiger partial charge in [0, 0.05) is 0 Å². The molecule has 1 aromatic carbocycles. The number of nitrogen functional groups attached to an aromatic ring is 1. The molecule has 1 aliphatic rings. The Labute approximate surface area is 93.4 Å². The van der Waals surface area contributed by atoms with Gasteiger partial charge >= 0.3 is 0 Å². The maximum absolute atomic E-state index is 11.5. The Hall–Kier alpha value is -1.22. The van der Waals surface area contributed by atoms with Crippen molar-refractivity contribution in [2.24, 2.45) is 5.73 Å². The maximum Gasteiger partial charge on any atom is 0.228 e. The van der Waals surface area contributed by atoms with E-state index in [1.165, 1.54) is 0 Å². The summed E-state index contributed by atoms with van der Waals surface area (Å²) >= 11 is 6.10. The molecule has 1 aromatic rings. The number of carbonyl (C=O) groups excluding carboxylic acids is 1. The van der Waals surface area contributed by atoms with Crippen LogP contribution in [0.4, 0.5) is 5.69 Å². The largest absolute Gasteiger partial charge is 0.398 e. The molecule has 2 rings (SSSR count). The molecule has 0 aromatic heterocycles. The summed E-state index contributed by atoms with van der Waals surface area (Å²) in [4.78, 5) is 11.5. The number of rotatable bonds is 2. The van der Waals surface area contributed by atoms with Gasteiger partial charge in [0.2, 0.25) is 5.91 Å². The predicted molar refractivity (Wildman–Crippen MR) is 60.6 cm³/mol. The van der Waals surface area contributed by atoms with E-state index < -0.39 is 5.41 Å². The molecule has 4 N–H and O–H groups in total. The minimum atomic E-state index is -0.577. The average Bonchev–Trinajstić information content (AvgIpc) is 2.09. The Morgan fingerprint density at radius 1 is 1.40 bits per heavy atom. The van der Waals surface area contributed by atoms with Crippen molar-refractivity contribution in [3.05, 3.63) is 28.8 Å². The molecule has 0 radical (unpaired) electrons. The van der Waals surface area contributed by atoms with E-state index >= 15 is 0 Å². The first-order chi connectivity index (χ1) is 7.08. The maximum atomic E-state index is 11.5. The van der Waals surface area contributed by atoms with Crippen LogP contribution in [0, 0.1) is 0 Å². The van der Waals surface area contributed by atoms with Crippen molar-refractivity contribution in [3.8, 4) is 0 Å². The molecule has 0 atom stereocenters. The molecule has 3 nitrogen and oxygen atoms in total. The molecule has 80 valence electrons. The lowest BCUT2D eigenvalue weighted by Gasteiger charge is -2.39. The van der Waals surface area contributed by atoms with E-state index in [9.17, 15) is 4.79 Å². The number of hydrogen-bond donors (Lipinski definition) is 2. The van der Waals surface area contributed by atoms with Gasteiger partial charge in [0.05, 0.1) is 16.1 Å². The molecule has 0 saturated heterocycles. The zero-order valence-corrected chi connectivity index (χ0v) is 9.05. The molecule has 1 fully saturated rings. The predicted octanol–water partition coefficient (Wildman–Crippen LogP) is 1.83. The van der Waals surface area contributed by atoms with Crippen LogP contribution in [0.15, 0.2) is 18.2 Å². The van der Waals surface area contributed by atoms with E-state index in [0.717, 1.165) is 24.8 Å². The summed E-state index contributed by atoms with van der Waals surface area (Å²) in [6, 6.07) is 5.36. The van der Waals surface area contributed by atoms with Gasteiger partial charge in [-0.1, -0.05) is 30.2 Å². The summed E-state index contributed by atoms with van der Waals surface area (Å²) in [5.41, 5.74) is 11.9. The van der Waals surface area contributed by atoms with Crippen molar-refractivity contribution in [1.82, 2.24) is 0 Å². The van der Waals surface area contributed by atoms with Crippen molar-refractivity contribution in [1.29, 1.82) is 0 Å². The lowest BCUT2D eigenvalue weighted by molar-refractivity contribution is -0.126. The highest BCUT2D eigenvalue weighted by Gasteiger charge is 2.45. The fourth-order valence-corrected chi connectivity index (χ4v) is 2.41. The Balaban J connectivity index is 2.53. The first-order valence-electron chi connectivity index (χ1n) is 4.92. The molecule has 0 bridgehead atoms. The summed E-state index contributed by atoms with van der Waals surface area (Å²) in [6.45, 7) is 0. The van der Waals surface area contributed by atoms with Gasteiger partial charge in [0.25, 0.3) is 0 Å². The fraction of sp³-hybridized carbons (Fsp3) is 0.364. The molecule has 0 unspecified atom stereocenters. The van der Waals surface area contributed by atoms with Crippen LogP contribution in [0.3, 0.4) is 0 Å². The van der Waals surface area contributed by atoms with E-state index in [4.69, 9.17) is 23.1 Å². The van der Waals surface area contributed by atoms with Crippen LogP contribution < -0.4 is 11.5 Å². The second kappa shape index (κ2) is 3.42. The number of benzene rings is 1. The second-order valence-electron chi connectivity index (χ2n) is 4.01. The molecule has 0 heterocycles. The number of anilines is 1. The number of nitrogens with two attached hydrogens (primary N) is 2. The zero-order chi connectivity index (χ0) is 11.1. The topological polar surface area (TPSA) is 69.1 Å². The second-order valence-corrected chi connectivity index (χ2v) is 4.39. The standard InChI is InChI=1S/C11H13ClN2O/c12-9-7(3-1-4-8(9)13)11(10(14)15)5-2-6-11/h1,3-4H,2,5-6,13H2,(H2,14,15). The van der Waals surface area contributed by atoms with E-state index in [0.29, 0.717) is 10.7 Å². The molecular weight excluding hydrogens is 212 g/mol. The fourth-order valence-electron chi connectivity index (χ4n) is 2.10. The first kappa shape index (κ1) is 10.3. The number of primary amides is 1. The van der Waals surface area contributed by atoms with Gasteiger partial charge in [-0.2, -0.15) is 0 Å². The normalized spacial score (nSPS) is 18.2. The zero-order valence-electron chi connectivity index (χ0n) is 8.29. The smallest absolute Gasteiger partial charge is 0.228 e. The third-order valence-corrected chi connectivity index (χ3v) is 3.64. The average molecular weight is 225 g/mol. The molecule has 1 aliphatic carbocycles. The van der Waals surface area contributed by atoms with Crippen molar-refractivity contribution >= 4 is 23.2 Å². The number of amides is 1. The van der Waals surface area contributed by atoms with Gasteiger partial charge in [-0.15, -0.1) is 0 Å². The van der Waals surface area contributed by atoms with Crippen molar-refractivity contribution < 1.29 is 4.79 Å². The molecule has 4 heteroatoms. The van der Waals surface area contributed by atoms with Crippen molar-refractivity contribution in [2.75, 3.05) is 5.73 Å². The lowest BCUT2D eigenvalue weighted by atomic mass is 9.64. The van der Waals surface area contributed by atoms with Crippen LogP contribution >= 0.6 is 11.6 Å². The highest BCUT2D eigenvalue weighted by Crippen LogP contribution is 2.47. The summed E-state index contributed by atoms with van der Waals surface area (Å²) in [6.07, 6.45) is 2.55. The van der Waals surface area contributed by atoms with Gasteiger partial charge in [0.1, 0.15) is 0 Å². The van der Waals surface area contributed by atoms with Gasteiger partial charge < -0.3 is 11.5 Å². The number of carbonyl (C=O) groups is 1. The summed E-state index contributed by atoms with van der Waals surface area (Å²) in [5.74, 6) is -0.304. The summed E-state index contributed by atoms with van der Waals surface area (Å²) in [5, 5.41) is 0.469. The monoisotopic (exact) mass is 224 g/mol. The Morgan fingerprint density at radius 3 is 2.53 bits per heavy atom. The summed E-state index contributed by atoms with van der Waals surface area (Å²) in [7, 11) is 0. The van der Waals surface area contributed by atoms with Crippen LogP contribution in [-0.2, 0) is 10.2 Å². The molecule has 0 spiro atoms. The Kier molecular flexibility index (Phi) is 2.35. The molecule has 1 saturated carbocycles. The quantitative estimate of drug-likeness (QED) is 0.753. The Bertz CT molecular complexity index is 413. The van der Waals surface area contributed by atoms with Gasteiger partial charge in [0.15, 0.2) is 0 Å². The van der Waals surface area contributed by atoms with Crippen molar-refractivity contribution in [2.45, 2.75) is 24.7 Å². The highest BCUT2D eigenvalue weighted by atomic mass is 35.5. The third kappa shape index (κ3) is 1.38. The van der Waals surface area contributed by atoms with E-state index in [1.54, 1.807) is 12.1 Å². The van der Waals surface area contributed by atoms with Gasteiger partial charge in [-0.3, -0.25) is 4.79 Å². The van der Waals surface area contributed by atoms with E-state index in [-0.39, 0.29) is 5.91 Å². The van der Waals surface area contributed by atoms with Gasteiger partial charge in [-0.25, -0.2) is 0 Å². The number of halogens is 1. The van der Waals surface area contributed by atoms with Crippen LogP contribution in [0.2, 0.25) is 5.02 Å². The van der Waals surface area contributed by atoms with Crippen LogP contribution in [-0.4, -0.2) is 5.91 Å². The van der Waals surface area contributed by atoms with Crippen LogP contribution in [0.5, 0.6) is 0 Å². The molecule has 1 amide bonds. The SMILES string of the molecule is NC(=O)C1(c2cccc(N)c2Cl)CCC1. The molecule has 0 aliphatic heterocycles. The Morgan fingerprint density at radius 2 is 2.07 bits per heavy atom. The van der Waals surface area contributed by atoms with Crippen LogP contribution in [0.25, 0.3) is 0 Å². The highest BCUT2D eigenvalue weighted by molar-refractivity contribution is 6.34. The van der Waals surface area contributed by atoms with E-state index in [2.05, 4.69) is 0 Å². The lowest BCUT2D eigenvalue weighted by Crippen LogP contribution is -2.46. The minimum absolute atomic E-state index is 0.304. The molecular formula is C11H13ClN2O. The third-order valence-electron chi connectivity index (χ3n) is 3.22. The number of hydrogen-bond acceptors (Lipinski definition) is 2. The first-order valence-corrected chi connectivity index (χ1v) is 5.30. The summed E-state index contributed by atoms with van der Waals surface area (Å²) < 4.78 is 0. The van der Waals surface area contributed by atoms with Crippen LogP contribution in [0.1, 0.15) is 24.8 Å². The minimum Gasteiger partial charge on any atom is -0.398 e. The molecule has 15 heavy (non-hydrogen) atoms. The van der Waals surface area contributed by atoms with E-state index in [1.807, 2.05) is 6.07 Å². The van der Waals surface area contributed by atoms with Crippen molar-refractivity contribution in [3.63, 3.8) is 0 Å². The van der Waals surface area contributed by atoms with Gasteiger partial charge in [-0.05, 0) is 24.5 Å².